The molecule has 2 heterocycles. The lowest BCUT2D eigenvalue weighted by Crippen LogP contribution is -2.40. The van der Waals surface area contributed by atoms with Crippen LogP contribution in [0, 0.1) is 12.8 Å². The molecular formula is C23H25ClN4O3. The molecule has 1 aliphatic rings. The van der Waals surface area contributed by atoms with Gasteiger partial charge in [0.25, 0.3) is 0 Å². The summed E-state index contributed by atoms with van der Waals surface area (Å²) in [5.74, 6) is 1.77. The number of methoxy groups -OCH3 is 1. The molecule has 162 valence electrons. The van der Waals surface area contributed by atoms with Gasteiger partial charge < -0.3 is 14.6 Å². The molecule has 0 spiro atoms. The SMILES string of the molecule is COc1ccc(-c2noc(CN3CCCC(C(=O)Nc4cc(Cl)ccc4C)C3)n2)cc1. The van der Waals surface area contributed by atoms with Crippen molar-refractivity contribution in [3.05, 3.63) is 58.9 Å². The van der Waals surface area contributed by atoms with Crippen LogP contribution in [-0.4, -0.2) is 41.1 Å². The van der Waals surface area contributed by atoms with Gasteiger partial charge in [0, 0.05) is 22.8 Å². The van der Waals surface area contributed by atoms with Crippen molar-refractivity contribution in [3.8, 4) is 17.1 Å². The molecule has 1 unspecified atom stereocenters. The third kappa shape index (κ3) is 5.24. The summed E-state index contributed by atoms with van der Waals surface area (Å²) >= 11 is 6.07. The Balaban J connectivity index is 1.37. The predicted molar refractivity (Wildman–Crippen MR) is 119 cm³/mol. The number of hydrogen-bond donors (Lipinski definition) is 1. The van der Waals surface area contributed by atoms with Crippen molar-refractivity contribution in [2.24, 2.45) is 5.92 Å². The van der Waals surface area contributed by atoms with Crippen molar-refractivity contribution in [2.75, 3.05) is 25.5 Å². The summed E-state index contributed by atoms with van der Waals surface area (Å²) in [6, 6.07) is 13.0. The van der Waals surface area contributed by atoms with Crippen LogP contribution in [-0.2, 0) is 11.3 Å². The number of aryl methyl sites for hydroxylation is 1. The summed E-state index contributed by atoms with van der Waals surface area (Å²) in [6.45, 7) is 4.00. The van der Waals surface area contributed by atoms with Gasteiger partial charge in [-0.25, -0.2) is 0 Å². The molecule has 0 bridgehead atoms. The van der Waals surface area contributed by atoms with Crippen LogP contribution in [0.1, 0.15) is 24.3 Å². The number of likely N-dealkylation sites (tertiary alicyclic amines) is 1. The normalized spacial score (nSPS) is 16.8. The molecule has 0 aliphatic carbocycles. The van der Waals surface area contributed by atoms with Crippen molar-refractivity contribution < 1.29 is 14.1 Å². The van der Waals surface area contributed by atoms with E-state index in [1.54, 1.807) is 13.2 Å². The van der Waals surface area contributed by atoms with Crippen LogP contribution in [0.3, 0.4) is 0 Å². The molecule has 0 radical (unpaired) electrons. The minimum absolute atomic E-state index is 0.0134. The van der Waals surface area contributed by atoms with E-state index in [4.69, 9.17) is 20.9 Å². The second-order valence-electron chi connectivity index (χ2n) is 7.76. The highest BCUT2D eigenvalue weighted by atomic mass is 35.5. The molecule has 1 atom stereocenters. The second kappa shape index (κ2) is 9.49. The maximum atomic E-state index is 12.8. The summed E-state index contributed by atoms with van der Waals surface area (Å²) in [6.07, 6.45) is 1.79. The number of carbonyl (C=O) groups excluding carboxylic acids is 1. The number of rotatable bonds is 6. The van der Waals surface area contributed by atoms with Crippen LogP contribution in [0.25, 0.3) is 11.4 Å². The van der Waals surface area contributed by atoms with E-state index in [9.17, 15) is 4.79 Å². The van der Waals surface area contributed by atoms with Crippen LogP contribution < -0.4 is 10.1 Å². The number of anilines is 1. The van der Waals surface area contributed by atoms with E-state index in [-0.39, 0.29) is 11.8 Å². The van der Waals surface area contributed by atoms with Crippen LogP contribution >= 0.6 is 11.6 Å². The maximum absolute atomic E-state index is 12.8. The van der Waals surface area contributed by atoms with Gasteiger partial charge in [0.05, 0.1) is 19.6 Å². The van der Waals surface area contributed by atoms with Gasteiger partial charge >= 0.3 is 0 Å². The Morgan fingerprint density at radius 1 is 1.29 bits per heavy atom. The van der Waals surface area contributed by atoms with Crippen molar-refractivity contribution in [2.45, 2.75) is 26.3 Å². The van der Waals surface area contributed by atoms with E-state index in [0.717, 1.165) is 42.0 Å². The molecule has 3 aromatic rings. The molecule has 4 rings (SSSR count). The van der Waals surface area contributed by atoms with E-state index in [0.29, 0.717) is 29.8 Å². The second-order valence-corrected chi connectivity index (χ2v) is 8.20. The summed E-state index contributed by atoms with van der Waals surface area (Å²) < 4.78 is 10.6. The van der Waals surface area contributed by atoms with Gasteiger partial charge in [-0.05, 0) is 68.3 Å². The zero-order valence-corrected chi connectivity index (χ0v) is 18.4. The molecule has 1 aromatic heterocycles. The van der Waals surface area contributed by atoms with Gasteiger partial charge in [0.15, 0.2) is 0 Å². The molecule has 1 amide bonds. The number of nitrogens with one attached hydrogen (secondary N) is 1. The summed E-state index contributed by atoms with van der Waals surface area (Å²) in [5, 5.41) is 7.73. The lowest BCUT2D eigenvalue weighted by atomic mass is 9.97. The van der Waals surface area contributed by atoms with E-state index in [1.165, 1.54) is 0 Å². The van der Waals surface area contributed by atoms with Crippen molar-refractivity contribution in [1.82, 2.24) is 15.0 Å². The average molecular weight is 441 g/mol. The molecule has 1 aliphatic heterocycles. The third-order valence-electron chi connectivity index (χ3n) is 5.51. The van der Waals surface area contributed by atoms with E-state index in [1.807, 2.05) is 43.3 Å². The first-order valence-corrected chi connectivity index (χ1v) is 10.7. The fourth-order valence-electron chi connectivity index (χ4n) is 3.74. The van der Waals surface area contributed by atoms with Crippen molar-refractivity contribution >= 4 is 23.2 Å². The van der Waals surface area contributed by atoms with Crippen LogP contribution in [0.5, 0.6) is 5.75 Å². The number of amides is 1. The highest BCUT2D eigenvalue weighted by Gasteiger charge is 2.27. The van der Waals surface area contributed by atoms with E-state index in [2.05, 4.69) is 20.4 Å². The number of hydrogen-bond acceptors (Lipinski definition) is 6. The lowest BCUT2D eigenvalue weighted by Gasteiger charge is -2.31. The summed E-state index contributed by atoms with van der Waals surface area (Å²) in [4.78, 5) is 19.5. The first kappa shape index (κ1) is 21.3. The molecule has 31 heavy (non-hydrogen) atoms. The zero-order chi connectivity index (χ0) is 21.8. The molecule has 8 heteroatoms. The molecule has 1 fully saturated rings. The topological polar surface area (TPSA) is 80.5 Å². The third-order valence-corrected chi connectivity index (χ3v) is 5.74. The first-order valence-electron chi connectivity index (χ1n) is 10.3. The Labute approximate surface area is 186 Å². The number of aromatic nitrogens is 2. The fourth-order valence-corrected chi connectivity index (χ4v) is 3.92. The van der Waals surface area contributed by atoms with Gasteiger partial charge in [-0.2, -0.15) is 4.98 Å². The van der Waals surface area contributed by atoms with Gasteiger partial charge in [-0.3, -0.25) is 9.69 Å². The smallest absolute Gasteiger partial charge is 0.241 e. The number of halogens is 1. The van der Waals surface area contributed by atoms with Crippen LogP contribution in [0.2, 0.25) is 5.02 Å². The van der Waals surface area contributed by atoms with Gasteiger partial charge in [0.2, 0.25) is 17.6 Å². The molecule has 1 N–H and O–H groups in total. The van der Waals surface area contributed by atoms with Gasteiger partial charge in [-0.1, -0.05) is 22.8 Å². The summed E-state index contributed by atoms with van der Waals surface area (Å²) in [7, 11) is 1.63. The maximum Gasteiger partial charge on any atom is 0.241 e. The minimum Gasteiger partial charge on any atom is -0.497 e. The van der Waals surface area contributed by atoms with E-state index < -0.39 is 0 Å². The molecule has 7 nitrogen and oxygen atoms in total. The molecule has 0 saturated carbocycles. The predicted octanol–water partition coefficient (Wildman–Crippen LogP) is 4.56. The monoisotopic (exact) mass is 440 g/mol. The fraction of sp³-hybridized carbons (Fsp3) is 0.348. The molecule has 1 saturated heterocycles. The summed E-state index contributed by atoms with van der Waals surface area (Å²) in [5.41, 5.74) is 2.61. The Bertz CT molecular complexity index is 1050. The Kier molecular flexibility index (Phi) is 6.53. The Morgan fingerprint density at radius 3 is 2.87 bits per heavy atom. The molecular weight excluding hydrogens is 416 g/mol. The minimum atomic E-state index is -0.101. The van der Waals surface area contributed by atoms with Crippen molar-refractivity contribution in [3.63, 3.8) is 0 Å². The molecule has 2 aromatic carbocycles. The number of piperidine rings is 1. The van der Waals surface area contributed by atoms with Gasteiger partial charge in [0.1, 0.15) is 5.75 Å². The highest BCUT2D eigenvalue weighted by Crippen LogP contribution is 2.25. The highest BCUT2D eigenvalue weighted by molar-refractivity contribution is 6.31. The Hall–Kier alpha value is -2.90. The Morgan fingerprint density at radius 2 is 2.10 bits per heavy atom. The zero-order valence-electron chi connectivity index (χ0n) is 17.6. The largest absolute Gasteiger partial charge is 0.497 e. The number of nitrogens with zero attached hydrogens (tertiary/aromatic N) is 3. The van der Waals surface area contributed by atoms with Gasteiger partial charge in [-0.15, -0.1) is 0 Å². The first-order chi connectivity index (χ1) is 15.0. The van der Waals surface area contributed by atoms with Crippen LogP contribution in [0.15, 0.2) is 47.0 Å². The number of carbonyl (C=O) groups is 1. The lowest BCUT2D eigenvalue weighted by molar-refractivity contribution is -0.121. The van der Waals surface area contributed by atoms with Crippen LogP contribution in [0.4, 0.5) is 5.69 Å². The number of benzene rings is 2. The standard InChI is InChI=1S/C23H25ClN4O3/c1-15-5-8-18(24)12-20(15)25-23(29)17-4-3-11-28(13-17)14-21-26-22(27-31-21)16-6-9-19(30-2)10-7-16/h5-10,12,17H,3-4,11,13-14H2,1-2H3,(H,25,29). The average Bonchev–Trinajstić information content (AvgIpc) is 3.25. The van der Waals surface area contributed by atoms with Crippen molar-refractivity contribution in [1.29, 1.82) is 0 Å². The quantitative estimate of drug-likeness (QED) is 0.605. The number of ether oxygens (including phenoxy) is 1. The van der Waals surface area contributed by atoms with E-state index >= 15 is 0 Å².